The van der Waals surface area contributed by atoms with Crippen molar-refractivity contribution in [3.63, 3.8) is 0 Å². The fraction of sp³-hybridized carbons (Fsp3) is 0.200. The molecule has 0 atom stereocenters. The highest BCUT2D eigenvalue weighted by Gasteiger charge is 2.12. The summed E-state index contributed by atoms with van der Waals surface area (Å²) in [5, 5.41) is 8.86. The minimum absolute atomic E-state index is 0.00108. The smallest absolute Gasteiger partial charge is 0.341 e. The van der Waals surface area contributed by atoms with Crippen LogP contribution in [-0.2, 0) is 0 Å². The van der Waals surface area contributed by atoms with Crippen LogP contribution in [0.4, 0.5) is 0 Å². The molecular weight excluding hydrogens is 258 g/mol. The average Bonchev–Trinajstić information content (AvgIpc) is 2.38. The van der Waals surface area contributed by atoms with E-state index in [9.17, 15) is 9.59 Å². The number of pyridine rings is 1. The summed E-state index contributed by atoms with van der Waals surface area (Å²) in [6, 6.07) is 10.1. The Morgan fingerprint density at radius 1 is 1.20 bits per heavy atom. The van der Waals surface area contributed by atoms with Gasteiger partial charge in [-0.05, 0) is 38.1 Å². The molecule has 2 N–H and O–H groups in total. The number of carboxylic acids is 1. The van der Waals surface area contributed by atoms with Crippen LogP contribution in [0.25, 0.3) is 11.3 Å². The first-order valence-corrected chi connectivity index (χ1v) is 6.21. The van der Waals surface area contributed by atoms with Crippen LogP contribution in [0.5, 0.6) is 5.75 Å². The monoisotopic (exact) mass is 273 g/mol. The Balaban J connectivity index is 2.49. The summed E-state index contributed by atoms with van der Waals surface area (Å²) in [6.45, 7) is 3.82. The van der Waals surface area contributed by atoms with Gasteiger partial charge in [-0.1, -0.05) is 12.1 Å². The summed E-state index contributed by atoms with van der Waals surface area (Å²) in [4.78, 5) is 25.1. The molecule has 0 aliphatic heterocycles. The Morgan fingerprint density at radius 2 is 1.90 bits per heavy atom. The molecule has 0 aliphatic carbocycles. The van der Waals surface area contributed by atoms with Crippen LogP contribution >= 0.6 is 0 Å². The lowest BCUT2D eigenvalue weighted by atomic mass is 10.1. The first-order chi connectivity index (χ1) is 9.49. The van der Waals surface area contributed by atoms with Crippen molar-refractivity contribution in [3.05, 3.63) is 52.3 Å². The van der Waals surface area contributed by atoms with Gasteiger partial charge < -0.3 is 14.8 Å². The van der Waals surface area contributed by atoms with E-state index in [1.54, 1.807) is 12.1 Å². The molecule has 0 saturated carbocycles. The maximum Gasteiger partial charge on any atom is 0.341 e. The summed E-state index contributed by atoms with van der Waals surface area (Å²) in [6.07, 6.45) is 0.00108. The van der Waals surface area contributed by atoms with Crippen LogP contribution in [0.3, 0.4) is 0 Å². The Labute approximate surface area is 115 Å². The number of H-pyrrole nitrogens is 1. The van der Waals surface area contributed by atoms with Crippen LogP contribution in [-0.4, -0.2) is 22.2 Å². The number of aromatic amines is 1. The predicted octanol–water partition coefficient (Wildman–Crippen LogP) is 2.53. The number of hydrogen-bond donors (Lipinski definition) is 2. The predicted molar refractivity (Wildman–Crippen MR) is 75.2 cm³/mol. The lowest BCUT2D eigenvalue weighted by molar-refractivity contribution is 0.0695. The van der Waals surface area contributed by atoms with Gasteiger partial charge in [0.2, 0.25) is 0 Å². The fourth-order valence-corrected chi connectivity index (χ4v) is 1.85. The quantitative estimate of drug-likeness (QED) is 0.897. The molecule has 0 unspecified atom stereocenters. The number of para-hydroxylation sites is 1. The molecule has 5 nitrogen and oxygen atoms in total. The third-order valence-corrected chi connectivity index (χ3v) is 2.68. The third kappa shape index (κ3) is 2.88. The van der Waals surface area contributed by atoms with E-state index < -0.39 is 11.5 Å². The molecule has 0 saturated heterocycles. The van der Waals surface area contributed by atoms with Crippen LogP contribution in [0.15, 0.2) is 41.2 Å². The van der Waals surface area contributed by atoms with Crippen molar-refractivity contribution in [2.24, 2.45) is 0 Å². The third-order valence-electron chi connectivity index (χ3n) is 2.68. The second-order valence-corrected chi connectivity index (χ2v) is 4.58. The Kier molecular flexibility index (Phi) is 3.89. The van der Waals surface area contributed by atoms with Crippen LogP contribution in [0, 0.1) is 0 Å². The zero-order valence-corrected chi connectivity index (χ0v) is 11.2. The van der Waals surface area contributed by atoms with E-state index in [0.717, 1.165) is 5.56 Å². The summed E-state index contributed by atoms with van der Waals surface area (Å²) >= 11 is 0. The van der Waals surface area contributed by atoms with Crippen molar-refractivity contribution in [1.29, 1.82) is 0 Å². The molecule has 0 bridgehead atoms. The largest absolute Gasteiger partial charge is 0.490 e. The van der Waals surface area contributed by atoms with E-state index in [1.165, 1.54) is 6.07 Å². The van der Waals surface area contributed by atoms with Crippen molar-refractivity contribution in [2.75, 3.05) is 0 Å². The number of nitrogens with one attached hydrogen (secondary N) is 1. The van der Waals surface area contributed by atoms with Crippen molar-refractivity contribution in [1.82, 2.24) is 4.98 Å². The number of aromatic nitrogens is 1. The molecule has 2 rings (SSSR count). The summed E-state index contributed by atoms with van der Waals surface area (Å²) in [5.41, 5.74) is 0.330. The van der Waals surface area contributed by atoms with Gasteiger partial charge in [-0.15, -0.1) is 0 Å². The highest BCUT2D eigenvalue weighted by Crippen LogP contribution is 2.28. The topological polar surface area (TPSA) is 79.4 Å². The van der Waals surface area contributed by atoms with E-state index in [-0.39, 0.29) is 11.7 Å². The second-order valence-electron chi connectivity index (χ2n) is 4.58. The number of carboxylic acid groups (broad SMARTS) is 1. The molecule has 1 aromatic heterocycles. The van der Waals surface area contributed by atoms with Gasteiger partial charge in [-0.3, -0.25) is 4.79 Å². The van der Waals surface area contributed by atoms with E-state index in [1.807, 2.05) is 32.0 Å². The van der Waals surface area contributed by atoms with E-state index in [0.29, 0.717) is 11.4 Å². The SMILES string of the molecule is CC(C)Oc1ccccc1-c1ccc(C(=O)O)c(=O)[nH]1. The van der Waals surface area contributed by atoms with Crippen molar-refractivity contribution >= 4 is 5.97 Å². The Hall–Kier alpha value is -2.56. The number of carbonyl (C=O) groups is 1. The molecule has 1 aromatic carbocycles. The number of hydrogen-bond acceptors (Lipinski definition) is 3. The van der Waals surface area contributed by atoms with Gasteiger partial charge in [-0.25, -0.2) is 4.79 Å². The lowest BCUT2D eigenvalue weighted by Gasteiger charge is -2.14. The molecule has 0 radical (unpaired) electrons. The molecule has 0 amide bonds. The number of rotatable bonds is 4. The van der Waals surface area contributed by atoms with Gasteiger partial charge in [0, 0.05) is 5.56 Å². The molecule has 0 aliphatic rings. The second kappa shape index (κ2) is 5.61. The van der Waals surface area contributed by atoms with Crippen molar-refractivity contribution in [2.45, 2.75) is 20.0 Å². The standard InChI is InChI=1S/C15H15NO4/c1-9(2)20-13-6-4-3-5-10(13)12-8-7-11(15(18)19)14(17)16-12/h3-9H,1-2H3,(H,16,17)(H,18,19). The molecular formula is C15H15NO4. The minimum Gasteiger partial charge on any atom is -0.490 e. The number of benzene rings is 1. The van der Waals surface area contributed by atoms with Gasteiger partial charge in [0.05, 0.1) is 11.8 Å². The maximum atomic E-state index is 11.7. The molecule has 0 spiro atoms. The average molecular weight is 273 g/mol. The number of aromatic carboxylic acids is 1. The highest BCUT2D eigenvalue weighted by molar-refractivity contribution is 5.87. The van der Waals surface area contributed by atoms with Crippen molar-refractivity contribution < 1.29 is 14.6 Å². The minimum atomic E-state index is -1.25. The summed E-state index contributed by atoms with van der Waals surface area (Å²) in [5.74, 6) is -0.606. The van der Waals surface area contributed by atoms with Crippen LogP contribution in [0.1, 0.15) is 24.2 Å². The van der Waals surface area contributed by atoms with Gasteiger partial charge in [0.15, 0.2) is 0 Å². The summed E-state index contributed by atoms with van der Waals surface area (Å²) in [7, 11) is 0. The van der Waals surface area contributed by atoms with E-state index in [4.69, 9.17) is 9.84 Å². The van der Waals surface area contributed by atoms with Gasteiger partial charge in [-0.2, -0.15) is 0 Å². The first-order valence-electron chi connectivity index (χ1n) is 6.21. The van der Waals surface area contributed by atoms with Gasteiger partial charge in [0.25, 0.3) is 5.56 Å². The Bertz CT molecular complexity index is 688. The van der Waals surface area contributed by atoms with Gasteiger partial charge in [0.1, 0.15) is 11.3 Å². The van der Waals surface area contributed by atoms with Crippen molar-refractivity contribution in [3.8, 4) is 17.0 Å². The molecule has 5 heteroatoms. The zero-order valence-electron chi connectivity index (χ0n) is 11.2. The van der Waals surface area contributed by atoms with Crippen LogP contribution < -0.4 is 10.3 Å². The fourth-order valence-electron chi connectivity index (χ4n) is 1.85. The normalized spacial score (nSPS) is 10.6. The molecule has 0 fully saturated rings. The highest BCUT2D eigenvalue weighted by atomic mass is 16.5. The summed E-state index contributed by atoms with van der Waals surface area (Å²) < 4.78 is 5.68. The first kappa shape index (κ1) is 13.9. The zero-order chi connectivity index (χ0) is 14.7. The van der Waals surface area contributed by atoms with E-state index >= 15 is 0 Å². The maximum absolute atomic E-state index is 11.7. The molecule has 104 valence electrons. The van der Waals surface area contributed by atoms with Gasteiger partial charge >= 0.3 is 5.97 Å². The Morgan fingerprint density at radius 3 is 2.50 bits per heavy atom. The van der Waals surface area contributed by atoms with E-state index in [2.05, 4.69) is 4.98 Å². The van der Waals surface area contributed by atoms with Crippen LogP contribution in [0.2, 0.25) is 0 Å². The molecule has 20 heavy (non-hydrogen) atoms. The molecule has 1 heterocycles. The lowest BCUT2D eigenvalue weighted by Crippen LogP contribution is -2.17. The number of ether oxygens (including phenoxy) is 1. The molecule has 2 aromatic rings.